The predicted molar refractivity (Wildman–Crippen MR) is 223 cm³/mol. The number of alkyl halides is 9. The van der Waals surface area contributed by atoms with Gasteiger partial charge < -0.3 is 45.2 Å². The Kier molecular flexibility index (Phi) is 19.1. The highest BCUT2D eigenvalue weighted by Gasteiger charge is 2.39. The van der Waals surface area contributed by atoms with Crippen LogP contribution in [0.3, 0.4) is 0 Å². The Morgan fingerprint density at radius 2 is 1.40 bits per heavy atom. The quantitative estimate of drug-likeness (QED) is 0.100. The number of hydrogen-bond acceptors (Lipinski definition) is 13. The van der Waals surface area contributed by atoms with E-state index in [1.165, 1.54) is 0 Å². The number of carbonyl (C=O) groups is 4. The van der Waals surface area contributed by atoms with E-state index in [-0.39, 0.29) is 6.03 Å². The number of carboxylic acid groups (broad SMARTS) is 3. The van der Waals surface area contributed by atoms with E-state index in [1.807, 2.05) is 41.4 Å². The zero-order valence-electron chi connectivity index (χ0n) is 35.1. The Balaban J connectivity index is 0.000000400. The molecule has 4 aromatic rings. The fourth-order valence-corrected chi connectivity index (χ4v) is 6.29. The van der Waals surface area contributed by atoms with Gasteiger partial charge in [0.1, 0.15) is 22.4 Å². The van der Waals surface area contributed by atoms with E-state index >= 15 is 0 Å². The summed E-state index contributed by atoms with van der Waals surface area (Å²) < 4.78 is 107. The third-order valence-electron chi connectivity index (χ3n) is 9.52. The number of carboxylic acids is 3. The van der Waals surface area contributed by atoms with Crippen molar-refractivity contribution in [3.05, 3.63) is 77.2 Å². The van der Waals surface area contributed by atoms with Crippen molar-refractivity contribution >= 4 is 70.3 Å². The van der Waals surface area contributed by atoms with E-state index < -0.39 is 36.4 Å². The molecule has 6 N–H and O–H groups in total. The standard InChI is InChI=1S/C34H38ClN9O3.3C2HF3O2/c35-28-22-37-33-39-27-18-24(20-36-21-27)4-5-25-19-26(38-32(28)42-33)6-7-29(25)47-15-10-23-8-11-44(12-9-23)34(45)41-30-2-1-3-31(40-30)43-13-16-46-17-14-43;3*3-2(4,5)1(6)7/h1-3,6-7,18-23H,4-5,8-17H2,(H,40,41,45)(H2,37,38,39,42);3*(H,6,7). The molecule has 2 saturated heterocycles. The van der Waals surface area contributed by atoms with Gasteiger partial charge in [-0.25, -0.2) is 29.1 Å². The number of ether oxygens (including phenoxy) is 2. The lowest BCUT2D eigenvalue weighted by atomic mass is 9.94. The molecule has 6 bridgehead atoms. The first-order valence-electron chi connectivity index (χ1n) is 19.9. The van der Waals surface area contributed by atoms with Crippen LogP contribution in [-0.4, -0.2) is 129 Å². The summed E-state index contributed by atoms with van der Waals surface area (Å²) in [6.45, 7) is 5.01. The summed E-state index contributed by atoms with van der Waals surface area (Å²) in [7, 11) is 0. The van der Waals surface area contributed by atoms with Crippen LogP contribution in [-0.2, 0) is 32.0 Å². The largest absolute Gasteiger partial charge is 0.493 e. The summed E-state index contributed by atoms with van der Waals surface area (Å²) in [5, 5.41) is 31.4. The van der Waals surface area contributed by atoms with Gasteiger partial charge in [0, 0.05) is 38.1 Å². The number of pyridine rings is 2. The molecule has 0 unspecified atom stereocenters. The van der Waals surface area contributed by atoms with Crippen LogP contribution in [0.5, 0.6) is 5.75 Å². The molecule has 0 saturated carbocycles. The highest BCUT2D eigenvalue weighted by molar-refractivity contribution is 6.32. The van der Waals surface area contributed by atoms with Gasteiger partial charge >= 0.3 is 42.5 Å². The summed E-state index contributed by atoms with van der Waals surface area (Å²) >= 11 is 6.42. The second-order valence-electron chi connectivity index (χ2n) is 14.4. The fraction of sp³-hybridized carbons (Fsp3) is 0.400. The van der Waals surface area contributed by atoms with E-state index in [2.05, 4.69) is 52.9 Å². The molecule has 28 heteroatoms. The first-order chi connectivity index (χ1) is 31.9. The van der Waals surface area contributed by atoms with Crippen molar-refractivity contribution < 1.29 is 83.5 Å². The molecule has 68 heavy (non-hydrogen) atoms. The minimum absolute atomic E-state index is 0.101. The van der Waals surface area contributed by atoms with Gasteiger partial charge in [-0.05, 0) is 85.5 Å². The van der Waals surface area contributed by atoms with Crippen molar-refractivity contribution in [3.8, 4) is 5.75 Å². The maximum Gasteiger partial charge on any atom is 0.490 e. The summed E-state index contributed by atoms with van der Waals surface area (Å²) in [4.78, 5) is 61.7. The number of amides is 2. The maximum absolute atomic E-state index is 13.0. The molecular weight excluding hydrogens is 957 g/mol. The van der Waals surface area contributed by atoms with Crippen LogP contribution in [0.25, 0.3) is 0 Å². The molecule has 0 atom stereocenters. The number of fused-ring (bicyclic) bond motifs is 6. The highest BCUT2D eigenvalue weighted by Crippen LogP contribution is 2.31. The molecule has 7 rings (SSSR count). The van der Waals surface area contributed by atoms with Gasteiger partial charge in [0.25, 0.3) is 0 Å². The molecule has 2 amide bonds. The summed E-state index contributed by atoms with van der Waals surface area (Å²) in [5.74, 6) is -4.52. The first-order valence-corrected chi connectivity index (χ1v) is 20.3. The first kappa shape index (κ1) is 53.7. The van der Waals surface area contributed by atoms with Gasteiger partial charge in [-0.15, -0.1) is 0 Å². The zero-order valence-corrected chi connectivity index (χ0v) is 35.8. The molecule has 18 nitrogen and oxygen atoms in total. The van der Waals surface area contributed by atoms with Gasteiger partial charge in [0.2, 0.25) is 5.95 Å². The van der Waals surface area contributed by atoms with Gasteiger partial charge in [-0.1, -0.05) is 17.7 Å². The van der Waals surface area contributed by atoms with Crippen molar-refractivity contribution in [2.45, 2.75) is 50.6 Å². The lowest BCUT2D eigenvalue weighted by Gasteiger charge is -2.32. The SMILES string of the molecule is O=C(Nc1cccc(N2CCOCC2)n1)N1CCC(CCOc2ccc3cc2CCc2cncc(c2)Nc2ncc(Cl)c(n2)N3)CC1.O=C(O)C(F)(F)F.O=C(O)C(F)(F)F.O=C(O)C(F)(F)F. The summed E-state index contributed by atoms with van der Waals surface area (Å²) in [6.07, 6.45) is -5.65. The van der Waals surface area contributed by atoms with E-state index in [0.717, 1.165) is 79.3 Å². The number of anilines is 6. The number of aliphatic carboxylic acids is 3. The minimum Gasteiger partial charge on any atom is -0.493 e. The van der Waals surface area contributed by atoms with Crippen LogP contribution in [0.1, 0.15) is 30.4 Å². The van der Waals surface area contributed by atoms with E-state index in [1.54, 1.807) is 12.4 Å². The van der Waals surface area contributed by atoms with Gasteiger partial charge in [0.05, 0.1) is 37.9 Å². The molecular formula is C40H41ClF9N9O9. The second-order valence-corrected chi connectivity index (χ2v) is 14.8. The molecule has 3 aliphatic heterocycles. The Hall–Kier alpha value is -6.90. The maximum atomic E-state index is 13.0. The van der Waals surface area contributed by atoms with Crippen LogP contribution in [0.15, 0.2) is 61.1 Å². The van der Waals surface area contributed by atoms with Crippen LogP contribution in [0.2, 0.25) is 5.02 Å². The molecule has 3 aliphatic rings. The number of aryl methyl sites for hydroxylation is 2. The summed E-state index contributed by atoms with van der Waals surface area (Å²) in [5.41, 5.74) is 3.88. The van der Waals surface area contributed by atoms with Gasteiger partial charge in [0.15, 0.2) is 5.82 Å². The molecule has 2 fully saturated rings. The number of likely N-dealkylation sites (tertiary alicyclic amines) is 1. The number of halogens is 10. The third-order valence-corrected chi connectivity index (χ3v) is 9.80. The molecule has 3 aromatic heterocycles. The lowest BCUT2D eigenvalue weighted by Crippen LogP contribution is -2.41. The van der Waals surface area contributed by atoms with Crippen molar-refractivity contribution in [2.75, 3.05) is 66.8 Å². The molecule has 6 heterocycles. The number of benzene rings is 1. The van der Waals surface area contributed by atoms with Crippen molar-refractivity contribution in [3.63, 3.8) is 0 Å². The van der Waals surface area contributed by atoms with Crippen LogP contribution in [0.4, 0.5) is 79.1 Å². The van der Waals surface area contributed by atoms with Crippen molar-refractivity contribution in [2.24, 2.45) is 5.92 Å². The predicted octanol–water partition coefficient (Wildman–Crippen LogP) is 7.96. The van der Waals surface area contributed by atoms with Crippen LogP contribution >= 0.6 is 11.6 Å². The number of morpholine rings is 1. The highest BCUT2D eigenvalue weighted by atomic mass is 35.5. The molecule has 0 spiro atoms. The average molecular weight is 998 g/mol. The second kappa shape index (κ2) is 24.2. The smallest absolute Gasteiger partial charge is 0.490 e. The van der Waals surface area contributed by atoms with Crippen LogP contribution in [0, 0.1) is 5.92 Å². The van der Waals surface area contributed by atoms with Crippen molar-refractivity contribution in [1.29, 1.82) is 0 Å². The number of nitrogens with zero attached hydrogens (tertiary/aromatic N) is 6. The monoisotopic (exact) mass is 997 g/mol. The fourth-order valence-electron chi connectivity index (χ4n) is 6.16. The van der Waals surface area contributed by atoms with Gasteiger partial charge in [-0.3, -0.25) is 10.3 Å². The molecule has 0 radical (unpaired) electrons. The Bertz CT molecular complexity index is 2290. The number of hydrogen-bond donors (Lipinski definition) is 6. The number of urea groups is 1. The lowest BCUT2D eigenvalue weighted by molar-refractivity contribution is -0.193. The number of nitrogens with one attached hydrogen (secondary N) is 3. The molecule has 370 valence electrons. The minimum atomic E-state index is -5.08. The van der Waals surface area contributed by atoms with Gasteiger partial charge in [-0.2, -0.15) is 44.5 Å². The molecule has 0 aliphatic carbocycles. The molecule has 1 aromatic carbocycles. The Morgan fingerprint density at radius 1 is 0.779 bits per heavy atom. The van der Waals surface area contributed by atoms with Crippen molar-refractivity contribution in [1.82, 2.24) is 24.8 Å². The van der Waals surface area contributed by atoms with E-state index in [4.69, 9.17) is 50.8 Å². The van der Waals surface area contributed by atoms with Crippen LogP contribution < -0.4 is 25.6 Å². The zero-order chi connectivity index (χ0) is 50.2. The third kappa shape index (κ3) is 17.7. The topological polar surface area (TPSA) is 242 Å². The Labute approximate surface area is 384 Å². The average Bonchev–Trinajstić information content (AvgIpc) is 3.28. The number of rotatable bonds is 6. The van der Waals surface area contributed by atoms with E-state index in [0.29, 0.717) is 61.4 Å². The number of carbonyl (C=O) groups excluding carboxylic acids is 1. The number of aromatic nitrogens is 4. The number of piperidine rings is 1. The Morgan fingerprint density at radius 3 is 2.00 bits per heavy atom. The van der Waals surface area contributed by atoms with E-state index in [9.17, 15) is 44.3 Å². The summed E-state index contributed by atoms with van der Waals surface area (Å²) in [6, 6.07) is 13.8. The normalized spacial score (nSPS) is 14.9.